The van der Waals surface area contributed by atoms with Gasteiger partial charge in [-0.15, -0.1) is 0 Å². The molecule has 2 aromatic heterocycles. The van der Waals surface area contributed by atoms with Crippen LogP contribution in [0.4, 0.5) is 5.82 Å². The minimum Gasteiger partial charge on any atom is -0.490 e. The number of imidazole rings is 1. The molecule has 0 spiro atoms. The average molecular weight is 325 g/mol. The van der Waals surface area contributed by atoms with Crippen molar-refractivity contribution in [1.29, 1.82) is 0 Å². The van der Waals surface area contributed by atoms with E-state index in [1.807, 2.05) is 55.6 Å². The zero-order valence-corrected chi connectivity index (χ0v) is 14.4. The number of ether oxygens (including phenoxy) is 2. The summed E-state index contributed by atoms with van der Waals surface area (Å²) in [6, 6.07) is 13.7. The van der Waals surface area contributed by atoms with Crippen molar-refractivity contribution in [2.75, 3.05) is 31.7 Å². The standard InChI is InChI=1S/C19H23N3O2/c1-4-21(3)19-15(2)20-18-17(11-8-12-22(18)19)24-14-13-23-16-9-6-5-7-10-16/h5-12H,4,13-14H2,1-3H3. The number of para-hydroxylation sites is 1. The zero-order chi connectivity index (χ0) is 16.9. The summed E-state index contributed by atoms with van der Waals surface area (Å²) in [5, 5.41) is 0. The van der Waals surface area contributed by atoms with Gasteiger partial charge in [-0.1, -0.05) is 18.2 Å². The molecule has 0 bridgehead atoms. The predicted molar refractivity (Wildman–Crippen MR) is 96.3 cm³/mol. The third kappa shape index (κ3) is 3.30. The Balaban J connectivity index is 1.71. The molecule has 24 heavy (non-hydrogen) atoms. The van der Waals surface area contributed by atoms with E-state index in [0.29, 0.717) is 13.2 Å². The first-order valence-corrected chi connectivity index (χ1v) is 8.20. The lowest BCUT2D eigenvalue weighted by atomic mass is 10.3. The van der Waals surface area contributed by atoms with Crippen LogP contribution in [0, 0.1) is 6.92 Å². The molecule has 0 fully saturated rings. The topological polar surface area (TPSA) is 39.0 Å². The van der Waals surface area contributed by atoms with Crippen molar-refractivity contribution in [2.45, 2.75) is 13.8 Å². The van der Waals surface area contributed by atoms with Gasteiger partial charge in [-0.25, -0.2) is 4.98 Å². The van der Waals surface area contributed by atoms with Crippen molar-refractivity contribution in [3.63, 3.8) is 0 Å². The van der Waals surface area contributed by atoms with Crippen LogP contribution in [0.25, 0.3) is 5.65 Å². The number of pyridine rings is 1. The smallest absolute Gasteiger partial charge is 0.181 e. The summed E-state index contributed by atoms with van der Waals surface area (Å²) >= 11 is 0. The van der Waals surface area contributed by atoms with Gasteiger partial charge in [-0.3, -0.25) is 4.40 Å². The number of hydrogen-bond acceptors (Lipinski definition) is 4. The van der Waals surface area contributed by atoms with Gasteiger partial charge >= 0.3 is 0 Å². The summed E-state index contributed by atoms with van der Waals surface area (Å²) in [6.45, 7) is 6.04. The van der Waals surface area contributed by atoms with Gasteiger partial charge in [0.2, 0.25) is 0 Å². The van der Waals surface area contributed by atoms with E-state index in [4.69, 9.17) is 9.47 Å². The van der Waals surface area contributed by atoms with E-state index in [2.05, 4.69) is 28.3 Å². The second-order valence-electron chi connectivity index (χ2n) is 5.61. The lowest BCUT2D eigenvalue weighted by molar-refractivity contribution is 0.218. The van der Waals surface area contributed by atoms with Gasteiger partial charge < -0.3 is 14.4 Å². The third-order valence-electron chi connectivity index (χ3n) is 3.95. The Morgan fingerprint density at radius 1 is 1.04 bits per heavy atom. The van der Waals surface area contributed by atoms with Gasteiger partial charge in [0, 0.05) is 19.8 Å². The van der Waals surface area contributed by atoms with Gasteiger partial charge in [-0.2, -0.15) is 0 Å². The lowest BCUT2D eigenvalue weighted by Crippen LogP contribution is -2.18. The Morgan fingerprint density at radius 2 is 1.79 bits per heavy atom. The summed E-state index contributed by atoms with van der Waals surface area (Å²) < 4.78 is 13.6. The van der Waals surface area contributed by atoms with E-state index in [-0.39, 0.29) is 0 Å². The fourth-order valence-electron chi connectivity index (χ4n) is 2.69. The number of nitrogens with zero attached hydrogens (tertiary/aromatic N) is 3. The van der Waals surface area contributed by atoms with E-state index in [1.165, 1.54) is 0 Å². The first-order valence-electron chi connectivity index (χ1n) is 8.20. The molecule has 1 aromatic carbocycles. The Bertz CT molecular complexity index is 799. The number of aromatic nitrogens is 2. The number of rotatable bonds is 7. The summed E-state index contributed by atoms with van der Waals surface area (Å²) in [6.07, 6.45) is 2.02. The fraction of sp³-hybridized carbons (Fsp3) is 0.316. The molecule has 126 valence electrons. The van der Waals surface area contributed by atoms with Gasteiger partial charge in [0.15, 0.2) is 11.4 Å². The fourth-order valence-corrected chi connectivity index (χ4v) is 2.69. The summed E-state index contributed by atoms with van der Waals surface area (Å²) in [4.78, 5) is 6.85. The molecular formula is C19H23N3O2. The maximum absolute atomic E-state index is 5.90. The molecule has 3 aromatic rings. The highest BCUT2D eigenvalue weighted by molar-refractivity contribution is 5.63. The molecule has 5 heteroatoms. The Labute approximate surface area is 142 Å². The second kappa shape index (κ2) is 7.25. The molecule has 0 N–H and O–H groups in total. The van der Waals surface area contributed by atoms with E-state index < -0.39 is 0 Å². The molecule has 0 amide bonds. The SMILES string of the molecule is CCN(C)c1c(C)nc2c(OCCOc3ccccc3)cccn12. The van der Waals surface area contributed by atoms with Gasteiger partial charge in [-0.05, 0) is 38.1 Å². The van der Waals surface area contributed by atoms with E-state index in [1.54, 1.807) is 0 Å². The van der Waals surface area contributed by atoms with Crippen LogP contribution in [0.2, 0.25) is 0 Å². The van der Waals surface area contributed by atoms with E-state index in [0.717, 1.165) is 35.2 Å². The van der Waals surface area contributed by atoms with Crippen LogP contribution in [0.3, 0.4) is 0 Å². The van der Waals surface area contributed by atoms with Crippen molar-refractivity contribution in [2.24, 2.45) is 0 Å². The molecule has 0 radical (unpaired) electrons. The molecule has 5 nitrogen and oxygen atoms in total. The second-order valence-corrected chi connectivity index (χ2v) is 5.61. The van der Waals surface area contributed by atoms with Crippen molar-refractivity contribution in [3.8, 4) is 11.5 Å². The Morgan fingerprint density at radius 3 is 2.54 bits per heavy atom. The van der Waals surface area contributed by atoms with Crippen molar-refractivity contribution in [1.82, 2.24) is 9.38 Å². The molecule has 0 aliphatic rings. The molecule has 0 atom stereocenters. The maximum atomic E-state index is 5.90. The summed E-state index contributed by atoms with van der Waals surface area (Å²) in [5.74, 6) is 2.72. The normalized spacial score (nSPS) is 10.8. The highest BCUT2D eigenvalue weighted by Crippen LogP contribution is 2.26. The van der Waals surface area contributed by atoms with Crippen LogP contribution >= 0.6 is 0 Å². The van der Waals surface area contributed by atoms with Crippen LogP contribution in [0.5, 0.6) is 11.5 Å². The highest BCUT2D eigenvalue weighted by Gasteiger charge is 2.14. The lowest BCUT2D eigenvalue weighted by Gasteiger charge is -2.17. The minimum atomic E-state index is 0.472. The van der Waals surface area contributed by atoms with Crippen LogP contribution < -0.4 is 14.4 Å². The quantitative estimate of drug-likeness (QED) is 0.623. The maximum Gasteiger partial charge on any atom is 0.181 e. The molecule has 0 aliphatic heterocycles. The largest absolute Gasteiger partial charge is 0.490 e. The van der Waals surface area contributed by atoms with Crippen molar-refractivity contribution >= 4 is 11.5 Å². The Kier molecular flexibility index (Phi) is 4.89. The number of benzene rings is 1. The van der Waals surface area contributed by atoms with Crippen LogP contribution in [-0.4, -0.2) is 36.2 Å². The monoisotopic (exact) mass is 325 g/mol. The number of anilines is 1. The predicted octanol–water partition coefficient (Wildman–Crippen LogP) is 3.56. The first-order chi connectivity index (χ1) is 11.7. The molecule has 0 aliphatic carbocycles. The molecule has 2 heterocycles. The van der Waals surface area contributed by atoms with Gasteiger partial charge in [0.1, 0.15) is 24.8 Å². The number of hydrogen-bond donors (Lipinski definition) is 0. The number of aryl methyl sites for hydroxylation is 1. The Hall–Kier alpha value is -2.69. The third-order valence-corrected chi connectivity index (χ3v) is 3.95. The van der Waals surface area contributed by atoms with Crippen LogP contribution in [-0.2, 0) is 0 Å². The van der Waals surface area contributed by atoms with Gasteiger partial charge in [0.25, 0.3) is 0 Å². The van der Waals surface area contributed by atoms with E-state index >= 15 is 0 Å². The molecule has 0 saturated heterocycles. The first kappa shape index (κ1) is 16.2. The van der Waals surface area contributed by atoms with Crippen LogP contribution in [0.15, 0.2) is 48.7 Å². The zero-order valence-electron chi connectivity index (χ0n) is 14.4. The summed E-state index contributed by atoms with van der Waals surface area (Å²) in [5.41, 5.74) is 1.83. The molecule has 3 rings (SSSR count). The molecule has 0 saturated carbocycles. The van der Waals surface area contributed by atoms with Crippen molar-refractivity contribution < 1.29 is 9.47 Å². The van der Waals surface area contributed by atoms with E-state index in [9.17, 15) is 0 Å². The minimum absolute atomic E-state index is 0.472. The van der Waals surface area contributed by atoms with Crippen molar-refractivity contribution in [3.05, 3.63) is 54.4 Å². The molecule has 0 unspecified atom stereocenters. The highest BCUT2D eigenvalue weighted by atomic mass is 16.5. The summed E-state index contributed by atoms with van der Waals surface area (Å²) in [7, 11) is 2.07. The van der Waals surface area contributed by atoms with Crippen LogP contribution in [0.1, 0.15) is 12.6 Å². The average Bonchev–Trinajstić information content (AvgIpc) is 2.95. The number of fused-ring (bicyclic) bond motifs is 1. The van der Waals surface area contributed by atoms with Gasteiger partial charge in [0.05, 0.1) is 5.69 Å². The molecular weight excluding hydrogens is 302 g/mol.